The molecule has 0 aliphatic carbocycles. The summed E-state index contributed by atoms with van der Waals surface area (Å²) in [5.74, 6) is 0.282. The van der Waals surface area contributed by atoms with Crippen molar-refractivity contribution < 1.29 is 23.4 Å². The van der Waals surface area contributed by atoms with E-state index in [2.05, 4.69) is 5.32 Å². The molecule has 1 atom stereocenters. The second kappa shape index (κ2) is 8.75. The van der Waals surface area contributed by atoms with Gasteiger partial charge < -0.3 is 19.5 Å². The lowest BCUT2D eigenvalue weighted by atomic mass is 9.80. The van der Waals surface area contributed by atoms with E-state index >= 15 is 0 Å². The molecule has 4 rings (SSSR count). The molecule has 3 aromatic rings. The Balaban J connectivity index is 2.05. The molecule has 3 aromatic carbocycles. The van der Waals surface area contributed by atoms with Crippen LogP contribution in [0.4, 0.5) is 10.1 Å². The molecule has 1 aliphatic rings. The van der Waals surface area contributed by atoms with Gasteiger partial charge >= 0.3 is 5.97 Å². The number of carbonyl (C=O) groups is 1. The fourth-order valence-electron chi connectivity index (χ4n) is 3.97. The van der Waals surface area contributed by atoms with Gasteiger partial charge in [0, 0.05) is 17.7 Å². The predicted molar refractivity (Wildman–Crippen MR) is 121 cm³/mol. The van der Waals surface area contributed by atoms with Crippen LogP contribution in [-0.4, -0.2) is 26.8 Å². The first-order valence-electron chi connectivity index (χ1n) is 10.3. The Kier molecular flexibility index (Phi) is 5.86. The highest BCUT2D eigenvalue weighted by Crippen LogP contribution is 2.48. The molecule has 1 unspecified atom stereocenters. The third-order valence-corrected chi connectivity index (χ3v) is 5.48. The lowest BCUT2D eigenvalue weighted by Crippen LogP contribution is -2.45. The van der Waals surface area contributed by atoms with Crippen LogP contribution >= 0.6 is 0 Å². The van der Waals surface area contributed by atoms with Crippen LogP contribution in [0.15, 0.2) is 72.8 Å². The second-order valence-electron chi connectivity index (χ2n) is 7.34. The molecule has 0 bridgehead atoms. The molecule has 1 heterocycles. The predicted octanol–water partition coefficient (Wildman–Crippen LogP) is 5.16. The van der Waals surface area contributed by atoms with E-state index in [-0.39, 0.29) is 12.4 Å². The summed E-state index contributed by atoms with van der Waals surface area (Å²) < 4.78 is 30.3. The van der Waals surface area contributed by atoms with Crippen LogP contribution in [0, 0.1) is 5.82 Å². The van der Waals surface area contributed by atoms with Crippen LogP contribution < -0.4 is 14.8 Å². The normalized spacial score (nSPS) is 16.9. The summed E-state index contributed by atoms with van der Waals surface area (Å²) >= 11 is 0. The Morgan fingerprint density at radius 2 is 1.72 bits per heavy atom. The van der Waals surface area contributed by atoms with E-state index in [0.717, 1.165) is 16.7 Å². The molecule has 0 saturated carbocycles. The van der Waals surface area contributed by atoms with Gasteiger partial charge in [-0.15, -0.1) is 0 Å². The summed E-state index contributed by atoms with van der Waals surface area (Å²) in [6.45, 7) is 1.95. The maximum absolute atomic E-state index is 13.7. The molecular formula is C26H24FNO4. The van der Waals surface area contributed by atoms with Gasteiger partial charge in [-0.2, -0.15) is 0 Å². The molecule has 32 heavy (non-hydrogen) atoms. The van der Waals surface area contributed by atoms with Gasteiger partial charge in [0.05, 0.1) is 26.5 Å². The number of rotatable bonds is 6. The average Bonchev–Trinajstić information content (AvgIpc) is 2.83. The molecule has 0 fully saturated rings. The number of esters is 1. The van der Waals surface area contributed by atoms with Crippen molar-refractivity contribution in [2.75, 3.05) is 26.1 Å². The van der Waals surface area contributed by atoms with Gasteiger partial charge in [0.25, 0.3) is 0 Å². The average molecular weight is 433 g/mol. The lowest BCUT2D eigenvalue weighted by Gasteiger charge is -2.37. The summed E-state index contributed by atoms with van der Waals surface area (Å²) in [5.41, 5.74) is 2.30. The number of halogens is 1. The van der Waals surface area contributed by atoms with Crippen molar-refractivity contribution >= 4 is 17.2 Å². The van der Waals surface area contributed by atoms with Crippen molar-refractivity contribution in [3.8, 4) is 11.5 Å². The molecule has 1 aliphatic heterocycles. The van der Waals surface area contributed by atoms with Crippen molar-refractivity contribution in [1.29, 1.82) is 0 Å². The van der Waals surface area contributed by atoms with Crippen LogP contribution in [0.2, 0.25) is 0 Å². The molecular weight excluding hydrogens is 409 g/mol. The third-order valence-electron chi connectivity index (χ3n) is 5.48. The van der Waals surface area contributed by atoms with Crippen LogP contribution in [0.5, 0.6) is 11.5 Å². The van der Waals surface area contributed by atoms with Gasteiger partial charge in [-0.1, -0.05) is 42.5 Å². The smallest absolute Gasteiger partial charge is 0.340 e. The number of carbonyl (C=O) groups excluding carboxylic acids is 1. The van der Waals surface area contributed by atoms with E-state index in [9.17, 15) is 9.18 Å². The Morgan fingerprint density at radius 3 is 2.34 bits per heavy atom. The number of fused-ring (bicyclic) bond motifs is 1. The maximum atomic E-state index is 13.7. The van der Waals surface area contributed by atoms with Crippen molar-refractivity contribution in [2.45, 2.75) is 12.5 Å². The minimum absolute atomic E-state index is 0.201. The standard InChI is InChI=1S/C26H24FNO4/c1-4-32-25(29)26(18-10-12-19(27)13-11-18)16-21(17-8-6-5-7-9-17)24-22(28-26)14-20(30-2)15-23(24)31-3/h5-16,28H,4H2,1-3H3. The molecule has 0 aromatic heterocycles. The molecule has 164 valence electrons. The largest absolute Gasteiger partial charge is 0.497 e. The molecule has 0 saturated heterocycles. The number of ether oxygens (including phenoxy) is 3. The topological polar surface area (TPSA) is 56.8 Å². The fourth-order valence-corrected chi connectivity index (χ4v) is 3.97. The summed E-state index contributed by atoms with van der Waals surface area (Å²) in [5, 5.41) is 3.35. The number of hydrogen-bond donors (Lipinski definition) is 1. The van der Waals surface area contributed by atoms with Gasteiger partial charge in [-0.3, -0.25) is 0 Å². The van der Waals surface area contributed by atoms with E-state index in [4.69, 9.17) is 14.2 Å². The van der Waals surface area contributed by atoms with Crippen molar-refractivity contribution in [1.82, 2.24) is 0 Å². The SMILES string of the molecule is CCOC(=O)C1(c2ccc(F)cc2)C=C(c2ccccc2)c2c(cc(OC)cc2OC)N1. The quantitative estimate of drug-likeness (QED) is 0.545. The summed E-state index contributed by atoms with van der Waals surface area (Å²) in [6.07, 6.45) is 1.82. The van der Waals surface area contributed by atoms with Gasteiger partial charge in [-0.25, -0.2) is 9.18 Å². The van der Waals surface area contributed by atoms with Crippen molar-refractivity contribution in [3.05, 3.63) is 95.3 Å². The molecule has 1 N–H and O–H groups in total. The highest BCUT2D eigenvalue weighted by atomic mass is 19.1. The first-order chi connectivity index (χ1) is 15.5. The fraction of sp³-hybridized carbons (Fsp3) is 0.192. The molecule has 0 spiro atoms. The van der Waals surface area contributed by atoms with Gasteiger partial charge in [0.15, 0.2) is 5.54 Å². The zero-order valence-corrected chi connectivity index (χ0v) is 18.1. The van der Waals surface area contributed by atoms with Gasteiger partial charge in [0.2, 0.25) is 0 Å². The summed E-state index contributed by atoms with van der Waals surface area (Å²) in [4.78, 5) is 13.4. The zero-order chi connectivity index (χ0) is 22.7. The number of methoxy groups -OCH3 is 2. The molecule has 6 heteroatoms. The van der Waals surface area contributed by atoms with Gasteiger partial charge in [0.1, 0.15) is 17.3 Å². The van der Waals surface area contributed by atoms with E-state index in [1.54, 1.807) is 39.3 Å². The van der Waals surface area contributed by atoms with Crippen molar-refractivity contribution in [2.24, 2.45) is 0 Å². The van der Waals surface area contributed by atoms with Crippen LogP contribution in [0.1, 0.15) is 23.6 Å². The second-order valence-corrected chi connectivity index (χ2v) is 7.34. The van der Waals surface area contributed by atoms with E-state index in [1.807, 2.05) is 42.5 Å². The molecule has 5 nitrogen and oxygen atoms in total. The number of anilines is 1. The zero-order valence-electron chi connectivity index (χ0n) is 18.1. The van der Waals surface area contributed by atoms with E-state index < -0.39 is 11.5 Å². The van der Waals surface area contributed by atoms with Crippen molar-refractivity contribution in [3.63, 3.8) is 0 Å². The Labute approximate surface area is 186 Å². The number of benzene rings is 3. The van der Waals surface area contributed by atoms with E-state index in [1.165, 1.54) is 12.1 Å². The first-order valence-corrected chi connectivity index (χ1v) is 10.3. The summed E-state index contributed by atoms with van der Waals surface area (Å²) in [6, 6.07) is 19.1. The number of nitrogens with one attached hydrogen (secondary N) is 1. The number of hydrogen-bond acceptors (Lipinski definition) is 5. The van der Waals surface area contributed by atoms with Crippen LogP contribution in [-0.2, 0) is 15.1 Å². The summed E-state index contributed by atoms with van der Waals surface area (Å²) in [7, 11) is 3.15. The third kappa shape index (κ3) is 3.68. The highest BCUT2D eigenvalue weighted by Gasteiger charge is 2.44. The minimum Gasteiger partial charge on any atom is -0.497 e. The highest BCUT2D eigenvalue weighted by molar-refractivity contribution is 6.01. The van der Waals surface area contributed by atoms with Gasteiger partial charge in [-0.05, 0) is 41.8 Å². The Bertz CT molecular complexity index is 1160. The Hall–Kier alpha value is -3.80. The lowest BCUT2D eigenvalue weighted by molar-refractivity contribution is -0.147. The van der Waals surface area contributed by atoms with Crippen LogP contribution in [0.25, 0.3) is 5.57 Å². The molecule has 0 amide bonds. The van der Waals surface area contributed by atoms with E-state index in [0.29, 0.717) is 22.7 Å². The minimum atomic E-state index is -1.38. The van der Waals surface area contributed by atoms with Crippen LogP contribution in [0.3, 0.4) is 0 Å². The Morgan fingerprint density at radius 1 is 1.00 bits per heavy atom. The monoisotopic (exact) mass is 433 g/mol. The first kappa shape index (κ1) is 21.4. The maximum Gasteiger partial charge on any atom is 0.340 e. The molecule has 0 radical (unpaired) electrons.